The van der Waals surface area contributed by atoms with E-state index in [4.69, 9.17) is 9.84 Å². The summed E-state index contributed by atoms with van der Waals surface area (Å²) in [5.41, 5.74) is -0.0953. The van der Waals surface area contributed by atoms with E-state index in [9.17, 15) is 9.90 Å². The Kier molecular flexibility index (Phi) is 4.01. The normalized spacial score (nSPS) is 27.6. The quantitative estimate of drug-likeness (QED) is 0.747. The number of rotatable bonds is 5. The summed E-state index contributed by atoms with van der Waals surface area (Å²) in [5.74, 6) is -0.905. The average Bonchev–Trinajstić information content (AvgIpc) is 2.88. The van der Waals surface area contributed by atoms with Crippen LogP contribution in [0.1, 0.15) is 28.6 Å². The van der Waals surface area contributed by atoms with Gasteiger partial charge in [0.2, 0.25) is 0 Å². The van der Waals surface area contributed by atoms with E-state index in [0.29, 0.717) is 31.0 Å². The molecule has 2 heterocycles. The molecule has 2 atom stereocenters. The van der Waals surface area contributed by atoms with Crippen LogP contribution in [-0.2, 0) is 11.3 Å². The van der Waals surface area contributed by atoms with Gasteiger partial charge in [0.05, 0.1) is 6.10 Å². The lowest BCUT2D eigenvalue weighted by Gasteiger charge is -2.26. The van der Waals surface area contributed by atoms with E-state index in [1.165, 1.54) is 11.3 Å². The molecule has 5 nitrogen and oxygen atoms in total. The average molecular weight is 271 g/mol. The molecule has 6 heteroatoms. The topological polar surface area (TPSA) is 78.8 Å². The summed E-state index contributed by atoms with van der Waals surface area (Å²) in [4.78, 5) is 11.3. The summed E-state index contributed by atoms with van der Waals surface area (Å²) >= 11 is 1.21. The van der Waals surface area contributed by atoms with Crippen LogP contribution in [-0.4, -0.2) is 41.0 Å². The predicted molar refractivity (Wildman–Crippen MR) is 68.0 cm³/mol. The fourth-order valence-corrected chi connectivity index (χ4v) is 2.84. The number of carboxylic acid groups (broad SMARTS) is 1. The van der Waals surface area contributed by atoms with Gasteiger partial charge in [-0.05, 0) is 23.9 Å². The van der Waals surface area contributed by atoms with Gasteiger partial charge >= 0.3 is 5.97 Å². The lowest BCUT2D eigenvalue weighted by Crippen LogP contribution is -2.45. The Morgan fingerprint density at radius 1 is 1.72 bits per heavy atom. The highest BCUT2D eigenvalue weighted by molar-refractivity contribution is 7.12. The Hall–Kier alpha value is -0.950. The van der Waals surface area contributed by atoms with Crippen molar-refractivity contribution in [3.63, 3.8) is 0 Å². The number of hydrogen-bond donors (Lipinski definition) is 3. The lowest BCUT2D eigenvalue weighted by molar-refractivity contribution is -0.0262. The summed E-state index contributed by atoms with van der Waals surface area (Å²) in [7, 11) is 0. The highest BCUT2D eigenvalue weighted by Crippen LogP contribution is 2.25. The molecule has 0 radical (unpaired) electrons. The van der Waals surface area contributed by atoms with Gasteiger partial charge in [-0.25, -0.2) is 4.79 Å². The van der Waals surface area contributed by atoms with Crippen molar-refractivity contribution in [2.45, 2.75) is 31.6 Å². The molecular formula is C12H17NO4S. The van der Waals surface area contributed by atoms with Crippen molar-refractivity contribution in [1.29, 1.82) is 0 Å². The second kappa shape index (κ2) is 5.36. The van der Waals surface area contributed by atoms with Crippen molar-refractivity contribution >= 4 is 17.3 Å². The van der Waals surface area contributed by atoms with E-state index < -0.39 is 11.6 Å². The second-order valence-corrected chi connectivity index (χ2v) is 5.47. The first-order valence-corrected chi connectivity index (χ1v) is 6.75. The maximum absolute atomic E-state index is 10.9. The summed E-state index contributed by atoms with van der Waals surface area (Å²) in [6.45, 7) is 3.27. The van der Waals surface area contributed by atoms with Gasteiger partial charge in [-0.2, -0.15) is 0 Å². The van der Waals surface area contributed by atoms with E-state index in [-0.39, 0.29) is 6.10 Å². The van der Waals surface area contributed by atoms with E-state index >= 15 is 0 Å². The largest absolute Gasteiger partial charge is 0.477 e. The first-order chi connectivity index (χ1) is 8.53. The summed E-state index contributed by atoms with van der Waals surface area (Å²) in [5, 5.41) is 24.1. The highest BCUT2D eigenvalue weighted by Gasteiger charge is 2.38. The first kappa shape index (κ1) is 13.5. The Morgan fingerprint density at radius 2 is 2.50 bits per heavy atom. The van der Waals surface area contributed by atoms with Crippen LogP contribution in [0.15, 0.2) is 11.4 Å². The zero-order valence-electron chi connectivity index (χ0n) is 10.2. The monoisotopic (exact) mass is 271 g/mol. The van der Waals surface area contributed by atoms with E-state index in [1.54, 1.807) is 11.4 Å². The third-order valence-corrected chi connectivity index (χ3v) is 4.29. The second-order valence-electron chi connectivity index (χ2n) is 4.55. The van der Waals surface area contributed by atoms with E-state index in [0.717, 1.165) is 5.56 Å². The standard InChI is InChI=1S/C12H17NO4S/c1-8-12(16,3-4-17-8)7-13-6-9-2-5-18-10(9)11(14)15/h2,5,8,13,16H,3-4,6-7H2,1H3,(H,14,15). The van der Waals surface area contributed by atoms with Gasteiger partial charge in [-0.3, -0.25) is 0 Å². The molecule has 1 aromatic rings. The van der Waals surface area contributed by atoms with Crippen LogP contribution in [0.25, 0.3) is 0 Å². The molecule has 0 aromatic carbocycles. The third-order valence-electron chi connectivity index (χ3n) is 3.35. The molecule has 1 aliphatic rings. The number of aliphatic hydroxyl groups is 1. The number of thiophene rings is 1. The van der Waals surface area contributed by atoms with Crippen molar-refractivity contribution in [2.75, 3.05) is 13.2 Å². The van der Waals surface area contributed by atoms with Crippen molar-refractivity contribution in [2.24, 2.45) is 0 Å². The molecule has 18 heavy (non-hydrogen) atoms. The fourth-order valence-electron chi connectivity index (χ4n) is 2.08. The number of ether oxygens (including phenoxy) is 1. The van der Waals surface area contributed by atoms with Crippen molar-refractivity contribution in [1.82, 2.24) is 5.32 Å². The van der Waals surface area contributed by atoms with Gasteiger partial charge in [-0.1, -0.05) is 0 Å². The van der Waals surface area contributed by atoms with Gasteiger partial charge in [0.25, 0.3) is 0 Å². The predicted octanol–water partition coefficient (Wildman–Crippen LogP) is 1.08. The Balaban J connectivity index is 1.89. The number of nitrogens with one attached hydrogen (secondary N) is 1. The maximum Gasteiger partial charge on any atom is 0.346 e. The first-order valence-electron chi connectivity index (χ1n) is 5.87. The molecule has 0 spiro atoms. The molecule has 0 amide bonds. The van der Waals surface area contributed by atoms with E-state index in [2.05, 4.69) is 5.32 Å². The minimum atomic E-state index is -0.905. The van der Waals surface area contributed by atoms with Gasteiger partial charge in [0.1, 0.15) is 10.5 Å². The summed E-state index contributed by atoms with van der Waals surface area (Å²) < 4.78 is 5.34. The van der Waals surface area contributed by atoms with Crippen LogP contribution in [0.3, 0.4) is 0 Å². The molecule has 100 valence electrons. The zero-order valence-corrected chi connectivity index (χ0v) is 11.0. The van der Waals surface area contributed by atoms with Gasteiger partial charge in [-0.15, -0.1) is 11.3 Å². The zero-order chi connectivity index (χ0) is 13.2. The lowest BCUT2D eigenvalue weighted by atomic mass is 9.96. The van der Waals surface area contributed by atoms with Crippen LogP contribution in [0.4, 0.5) is 0 Å². The van der Waals surface area contributed by atoms with E-state index in [1.807, 2.05) is 6.92 Å². The maximum atomic E-state index is 10.9. The molecule has 2 rings (SSSR count). The van der Waals surface area contributed by atoms with Crippen molar-refractivity contribution < 1.29 is 19.7 Å². The molecule has 0 bridgehead atoms. The Labute approximate surface area is 109 Å². The molecular weight excluding hydrogens is 254 g/mol. The van der Waals surface area contributed by atoms with Crippen LogP contribution in [0.5, 0.6) is 0 Å². The molecule has 1 aliphatic heterocycles. The number of carboxylic acids is 1. The molecule has 3 N–H and O–H groups in total. The smallest absolute Gasteiger partial charge is 0.346 e. The number of carbonyl (C=O) groups is 1. The Bertz CT molecular complexity index is 433. The number of aromatic carboxylic acids is 1. The van der Waals surface area contributed by atoms with Gasteiger partial charge in [0.15, 0.2) is 0 Å². The van der Waals surface area contributed by atoms with Crippen molar-refractivity contribution in [3.8, 4) is 0 Å². The third kappa shape index (κ3) is 2.72. The molecule has 0 saturated carbocycles. The Morgan fingerprint density at radius 3 is 3.11 bits per heavy atom. The van der Waals surface area contributed by atoms with Crippen LogP contribution in [0.2, 0.25) is 0 Å². The minimum Gasteiger partial charge on any atom is -0.477 e. The van der Waals surface area contributed by atoms with Crippen molar-refractivity contribution in [3.05, 3.63) is 21.9 Å². The van der Waals surface area contributed by atoms with Gasteiger partial charge in [0, 0.05) is 26.1 Å². The summed E-state index contributed by atoms with van der Waals surface area (Å²) in [6.07, 6.45) is 0.419. The van der Waals surface area contributed by atoms with Crippen LogP contribution < -0.4 is 5.32 Å². The SMILES string of the molecule is CC1OCCC1(O)CNCc1ccsc1C(=O)O. The highest BCUT2D eigenvalue weighted by atomic mass is 32.1. The molecule has 2 unspecified atom stereocenters. The van der Waals surface area contributed by atoms with Crippen LogP contribution in [0, 0.1) is 0 Å². The van der Waals surface area contributed by atoms with Crippen LogP contribution >= 0.6 is 11.3 Å². The number of hydrogen-bond acceptors (Lipinski definition) is 5. The minimum absolute atomic E-state index is 0.189. The molecule has 1 saturated heterocycles. The fraction of sp³-hybridized carbons (Fsp3) is 0.583. The summed E-state index contributed by atoms with van der Waals surface area (Å²) in [6, 6.07) is 1.79. The molecule has 1 fully saturated rings. The van der Waals surface area contributed by atoms with Gasteiger partial charge < -0.3 is 20.3 Å². The molecule has 1 aromatic heterocycles. The molecule has 0 aliphatic carbocycles.